The Labute approximate surface area is 185 Å². The molecule has 3 aromatic rings. The number of hydrogen-bond donors (Lipinski definition) is 2. The minimum atomic E-state index is -1.04. The van der Waals surface area contributed by atoms with Crippen molar-refractivity contribution in [3.8, 4) is 11.1 Å². The fraction of sp³-hybridized carbons (Fsp3) is 0.261. The van der Waals surface area contributed by atoms with Crippen molar-refractivity contribution in [1.29, 1.82) is 0 Å². The highest BCUT2D eigenvalue weighted by molar-refractivity contribution is 5.85. The Morgan fingerprint density at radius 3 is 2.39 bits per heavy atom. The molecule has 0 bridgehead atoms. The first-order chi connectivity index (χ1) is 14.6. The second-order valence-electron chi connectivity index (χ2n) is 7.71. The lowest BCUT2D eigenvalue weighted by Crippen LogP contribution is -2.41. The van der Waals surface area contributed by atoms with Crippen molar-refractivity contribution >= 4 is 24.5 Å². The summed E-state index contributed by atoms with van der Waals surface area (Å²) in [7, 11) is 0. The van der Waals surface area contributed by atoms with Gasteiger partial charge >= 0.3 is 12.1 Å². The predicted octanol–water partition coefficient (Wildman–Crippen LogP) is 3.86. The van der Waals surface area contributed by atoms with Gasteiger partial charge in [-0.2, -0.15) is 0 Å². The second kappa shape index (κ2) is 8.43. The summed E-state index contributed by atoms with van der Waals surface area (Å²) in [6, 6.07) is 16.3. The fourth-order valence-corrected chi connectivity index (χ4v) is 4.47. The summed E-state index contributed by atoms with van der Waals surface area (Å²) in [4.78, 5) is 27.7. The van der Waals surface area contributed by atoms with Crippen LogP contribution in [0.3, 0.4) is 0 Å². The highest BCUT2D eigenvalue weighted by Gasteiger charge is 2.29. The molecule has 0 saturated carbocycles. The first-order valence-corrected chi connectivity index (χ1v) is 10.0. The molecule has 160 valence electrons. The standard InChI is InChI=1S/C23H21N3O4.ClH/c27-22(28)20-12-26-11-14(9-10-21(26)25-20)24-23(29)30-13-19-17-7-3-1-5-15(17)16-6-2-4-8-18(16)19;/h1-8,12,14,19H,9-11,13H2,(H,24,29)(H,27,28);1H. The van der Waals surface area contributed by atoms with Gasteiger partial charge < -0.3 is 19.7 Å². The number of carbonyl (C=O) groups excluding carboxylic acids is 1. The molecule has 2 N–H and O–H groups in total. The molecule has 1 unspecified atom stereocenters. The smallest absolute Gasteiger partial charge is 0.407 e. The number of hydrogen-bond acceptors (Lipinski definition) is 4. The van der Waals surface area contributed by atoms with Crippen LogP contribution in [0.15, 0.2) is 54.7 Å². The molecule has 5 rings (SSSR count). The Morgan fingerprint density at radius 1 is 1.10 bits per heavy atom. The summed E-state index contributed by atoms with van der Waals surface area (Å²) < 4.78 is 7.40. The van der Waals surface area contributed by atoms with E-state index < -0.39 is 12.1 Å². The van der Waals surface area contributed by atoms with Gasteiger partial charge in [0.05, 0.1) is 6.04 Å². The molecule has 1 aliphatic heterocycles. The third-order valence-corrected chi connectivity index (χ3v) is 5.88. The van der Waals surface area contributed by atoms with Crippen molar-refractivity contribution in [2.75, 3.05) is 6.61 Å². The number of fused-ring (bicyclic) bond motifs is 4. The molecule has 0 spiro atoms. The number of halogens is 1. The molecule has 2 heterocycles. The lowest BCUT2D eigenvalue weighted by Gasteiger charge is -2.24. The summed E-state index contributed by atoms with van der Waals surface area (Å²) >= 11 is 0. The van der Waals surface area contributed by atoms with E-state index in [1.54, 1.807) is 4.57 Å². The molecule has 31 heavy (non-hydrogen) atoms. The molecule has 1 amide bonds. The number of carboxylic acids is 1. The van der Waals surface area contributed by atoms with Gasteiger partial charge in [-0.05, 0) is 28.7 Å². The van der Waals surface area contributed by atoms with Crippen molar-refractivity contribution in [2.45, 2.75) is 31.3 Å². The van der Waals surface area contributed by atoms with E-state index in [4.69, 9.17) is 9.84 Å². The molecule has 2 aromatic carbocycles. The van der Waals surface area contributed by atoms with Crippen LogP contribution in [0.1, 0.15) is 39.8 Å². The molecular weight excluding hydrogens is 418 g/mol. The van der Waals surface area contributed by atoms with E-state index in [2.05, 4.69) is 34.6 Å². The van der Waals surface area contributed by atoms with E-state index in [1.165, 1.54) is 28.5 Å². The van der Waals surface area contributed by atoms with E-state index in [0.717, 1.165) is 5.82 Å². The predicted molar refractivity (Wildman–Crippen MR) is 117 cm³/mol. The van der Waals surface area contributed by atoms with Crippen LogP contribution in [-0.2, 0) is 17.7 Å². The Kier molecular flexibility index (Phi) is 5.69. The first-order valence-electron chi connectivity index (χ1n) is 10.0. The largest absolute Gasteiger partial charge is 0.476 e. The third kappa shape index (κ3) is 3.88. The van der Waals surface area contributed by atoms with Crippen molar-refractivity contribution in [1.82, 2.24) is 14.9 Å². The minimum absolute atomic E-state index is 0. The monoisotopic (exact) mass is 439 g/mol. The van der Waals surface area contributed by atoms with Gasteiger partial charge in [-0.15, -0.1) is 12.4 Å². The first kappa shape index (κ1) is 20.9. The molecule has 7 nitrogen and oxygen atoms in total. The van der Waals surface area contributed by atoms with Crippen molar-refractivity contribution < 1.29 is 19.4 Å². The molecule has 8 heteroatoms. The maximum atomic E-state index is 12.5. The highest BCUT2D eigenvalue weighted by Crippen LogP contribution is 2.44. The third-order valence-electron chi connectivity index (χ3n) is 5.88. The van der Waals surface area contributed by atoms with Gasteiger partial charge in [0.25, 0.3) is 0 Å². The number of carbonyl (C=O) groups is 2. The normalized spacial score (nSPS) is 16.5. The average molecular weight is 440 g/mol. The van der Waals surface area contributed by atoms with E-state index in [9.17, 15) is 9.59 Å². The molecule has 1 atom stereocenters. The summed E-state index contributed by atoms with van der Waals surface area (Å²) in [5.74, 6) is -0.288. The molecular formula is C23H22ClN3O4. The zero-order chi connectivity index (χ0) is 20.7. The van der Waals surface area contributed by atoms with Crippen LogP contribution >= 0.6 is 12.4 Å². The van der Waals surface area contributed by atoms with Crippen molar-refractivity contribution in [3.63, 3.8) is 0 Å². The molecule has 2 aliphatic rings. The Morgan fingerprint density at radius 2 is 1.74 bits per heavy atom. The van der Waals surface area contributed by atoms with Gasteiger partial charge in [-0.3, -0.25) is 0 Å². The maximum Gasteiger partial charge on any atom is 0.407 e. The Bertz CT molecular complexity index is 1100. The van der Waals surface area contributed by atoms with Gasteiger partial charge in [-0.25, -0.2) is 14.6 Å². The maximum absolute atomic E-state index is 12.5. The summed E-state index contributed by atoms with van der Waals surface area (Å²) in [6.45, 7) is 0.756. The Hall–Kier alpha value is -3.32. The number of imidazole rings is 1. The van der Waals surface area contributed by atoms with E-state index in [-0.39, 0.29) is 36.7 Å². The van der Waals surface area contributed by atoms with Crippen molar-refractivity contribution in [2.24, 2.45) is 0 Å². The summed E-state index contributed by atoms with van der Waals surface area (Å²) in [5.41, 5.74) is 4.76. The van der Waals surface area contributed by atoms with E-state index >= 15 is 0 Å². The number of amides is 1. The molecule has 1 aromatic heterocycles. The highest BCUT2D eigenvalue weighted by atomic mass is 35.5. The zero-order valence-corrected chi connectivity index (χ0v) is 17.5. The molecule has 1 aliphatic carbocycles. The quantitative estimate of drug-likeness (QED) is 0.643. The van der Waals surface area contributed by atoms with Gasteiger partial charge in [0.15, 0.2) is 5.69 Å². The zero-order valence-electron chi connectivity index (χ0n) is 16.7. The van der Waals surface area contributed by atoms with Gasteiger partial charge in [0.1, 0.15) is 12.4 Å². The summed E-state index contributed by atoms with van der Waals surface area (Å²) in [5, 5.41) is 12.0. The number of ether oxygens (including phenoxy) is 1. The number of rotatable bonds is 4. The average Bonchev–Trinajstić information content (AvgIpc) is 3.31. The van der Waals surface area contributed by atoms with E-state index in [1.807, 2.05) is 24.3 Å². The lowest BCUT2D eigenvalue weighted by atomic mass is 9.98. The number of nitrogens with zero attached hydrogens (tertiary/aromatic N) is 2. The van der Waals surface area contributed by atoms with Crippen LogP contribution < -0.4 is 5.32 Å². The Balaban J connectivity index is 0.00000231. The van der Waals surface area contributed by atoms with Gasteiger partial charge in [0.2, 0.25) is 0 Å². The van der Waals surface area contributed by atoms with Crippen LogP contribution in [0.5, 0.6) is 0 Å². The summed E-state index contributed by atoms with van der Waals surface area (Å²) in [6.07, 6.45) is 2.37. The second-order valence-corrected chi connectivity index (χ2v) is 7.71. The molecule has 0 saturated heterocycles. The number of alkyl carbamates (subject to hydrolysis) is 1. The fourth-order valence-electron chi connectivity index (χ4n) is 4.47. The number of benzene rings is 2. The minimum Gasteiger partial charge on any atom is -0.476 e. The number of aromatic nitrogens is 2. The number of nitrogens with one attached hydrogen (secondary N) is 1. The number of carboxylic acid groups (broad SMARTS) is 1. The number of aryl methyl sites for hydroxylation is 1. The van der Waals surface area contributed by atoms with Crippen LogP contribution in [0.4, 0.5) is 4.79 Å². The number of aromatic carboxylic acids is 1. The van der Waals surface area contributed by atoms with Gasteiger partial charge in [0, 0.05) is 25.1 Å². The SMILES string of the molecule is Cl.O=C(NC1CCc2nc(C(=O)O)cn2C1)OCC1c2ccccc2-c2ccccc21. The molecule has 0 radical (unpaired) electrons. The van der Waals surface area contributed by atoms with Crippen LogP contribution in [0.2, 0.25) is 0 Å². The van der Waals surface area contributed by atoms with E-state index in [0.29, 0.717) is 19.4 Å². The molecule has 0 fully saturated rings. The van der Waals surface area contributed by atoms with Crippen LogP contribution in [0, 0.1) is 0 Å². The van der Waals surface area contributed by atoms with Gasteiger partial charge in [-0.1, -0.05) is 48.5 Å². The van der Waals surface area contributed by atoms with Crippen LogP contribution in [0.25, 0.3) is 11.1 Å². The van der Waals surface area contributed by atoms with Crippen LogP contribution in [-0.4, -0.2) is 39.4 Å². The lowest BCUT2D eigenvalue weighted by molar-refractivity contribution is 0.0690. The topological polar surface area (TPSA) is 93.5 Å². The van der Waals surface area contributed by atoms with Crippen molar-refractivity contribution in [3.05, 3.63) is 77.4 Å².